The molecule has 0 spiro atoms. The van der Waals surface area contributed by atoms with E-state index in [1.807, 2.05) is 0 Å². The Balaban J connectivity index is 2.38. The van der Waals surface area contributed by atoms with Gasteiger partial charge in [0, 0.05) is 27.9 Å². The third-order valence-corrected chi connectivity index (χ3v) is 4.31. The van der Waals surface area contributed by atoms with Crippen molar-refractivity contribution in [1.29, 1.82) is 0 Å². The smallest absolute Gasteiger partial charge is 0.318 e. The lowest BCUT2D eigenvalue weighted by molar-refractivity contribution is -0.155. The maximum atomic E-state index is 12.5. The topological polar surface area (TPSA) is 91.7 Å². The number of aliphatic carboxylic acids is 2. The quantitative estimate of drug-likeness (QED) is 0.556. The minimum Gasteiger partial charge on any atom is -0.481 e. The Morgan fingerprint density at radius 3 is 1.68 bits per heavy atom. The van der Waals surface area contributed by atoms with Gasteiger partial charge in [0.1, 0.15) is 0 Å². The van der Waals surface area contributed by atoms with Crippen LogP contribution in [0.3, 0.4) is 0 Å². The van der Waals surface area contributed by atoms with Crippen LogP contribution in [-0.4, -0.2) is 27.9 Å². The largest absolute Gasteiger partial charge is 0.481 e. The van der Waals surface area contributed by atoms with Crippen LogP contribution in [0.4, 0.5) is 0 Å². The molecule has 2 aromatic carbocycles. The Hall–Kier alpha value is -2.37. The van der Waals surface area contributed by atoms with E-state index < -0.39 is 23.8 Å². The predicted molar refractivity (Wildman–Crippen MR) is 93.4 cm³/mol. The van der Waals surface area contributed by atoms with Crippen molar-refractivity contribution in [3.63, 3.8) is 0 Å². The first-order valence-electron chi connectivity index (χ1n) is 7.29. The molecule has 0 aliphatic heterocycles. The van der Waals surface area contributed by atoms with Crippen LogP contribution < -0.4 is 0 Å². The molecule has 2 rings (SSSR count). The molecule has 0 bridgehead atoms. The van der Waals surface area contributed by atoms with Crippen LogP contribution >= 0.6 is 23.2 Å². The monoisotopic (exact) mass is 380 g/mol. The van der Waals surface area contributed by atoms with Gasteiger partial charge in [-0.2, -0.15) is 0 Å². The van der Waals surface area contributed by atoms with Crippen molar-refractivity contribution in [2.75, 3.05) is 0 Å². The van der Waals surface area contributed by atoms with Crippen LogP contribution in [0, 0.1) is 5.92 Å². The van der Waals surface area contributed by atoms with Crippen molar-refractivity contribution in [2.24, 2.45) is 5.92 Å². The Morgan fingerprint density at radius 2 is 1.24 bits per heavy atom. The fourth-order valence-corrected chi connectivity index (χ4v) is 2.79. The molecule has 0 fully saturated rings. The van der Waals surface area contributed by atoms with Gasteiger partial charge in [-0.3, -0.25) is 14.4 Å². The molecule has 130 valence electrons. The number of halogens is 2. The van der Waals surface area contributed by atoms with Gasteiger partial charge in [-0.05, 0) is 42.0 Å². The Morgan fingerprint density at radius 1 is 0.800 bits per heavy atom. The summed E-state index contributed by atoms with van der Waals surface area (Å²) in [5, 5.41) is 19.5. The van der Waals surface area contributed by atoms with E-state index in [1.165, 1.54) is 48.5 Å². The van der Waals surface area contributed by atoms with Gasteiger partial charge < -0.3 is 10.2 Å². The molecule has 0 heterocycles. The molecule has 1 unspecified atom stereocenters. The number of carbonyl (C=O) groups is 3. The molecule has 25 heavy (non-hydrogen) atoms. The van der Waals surface area contributed by atoms with Gasteiger partial charge in [0.25, 0.3) is 0 Å². The maximum Gasteiger partial charge on any atom is 0.318 e. The van der Waals surface area contributed by atoms with Crippen LogP contribution in [0.2, 0.25) is 10.0 Å². The van der Waals surface area contributed by atoms with Crippen LogP contribution in [0.25, 0.3) is 0 Å². The highest BCUT2D eigenvalue weighted by atomic mass is 35.5. The SMILES string of the molecule is O=C(CC(c1ccc(Cl)cc1)C(C(=O)O)C(=O)O)c1ccc(Cl)cc1. The average molecular weight is 381 g/mol. The summed E-state index contributed by atoms with van der Waals surface area (Å²) in [6.07, 6.45) is -0.271. The van der Waals surface area contributed by atoms with Gasteiger partial charge in [0.15, 0.2) is 11.7 Å². The van der Waals surface area contributed by atoms with Gasteiger partial charge in [-0.25, -0.2) is 0 Å². The van der Waals surface area contributed by atoms with Crippen molar-refractivity contribution >= 4 is 40.9 Å². The second-order valence-electron chi connectivity index (χ2n) is 5.45. The van der Waals surface area contributed by atoms with E-state index in [0.717, 1.165) is 0 Å². The van der Waals surface area contributed by atoms with Gasteiger partial charge in [-0.15, -0.1) is 0 Å². The average Bonchev–Trinajstić information content (AvgIpc) is 2.54. The maximum absolute atomic E-state index is 12.5. The molecule has 2 aromatic rings. The highest BCUT2D eigenvalue weighted by Gasteiger charge is 2.37. The van der Waals surface area contributed by atoms with E-state index in [0.29, 0.717) is 21.2 Å². The number of rotatable bonds is 7. The highest BCUT2D eigenvalue weighted by molar-refractivity contribution is 6.30. The zero-order valence-electron chi connectivity index (χ0n) is 12.9. The zero-order valence-corrected chi connectivity index (χ0v) is 14.4. The van der Waals surface area contributed by atoms with E-state index in [2.05, 4.69) is 0 Å². The number of carboxylic acid groups (broad SMARTS) is 2. The minimum absolute atomic E-state index is 0.271. The molecular formula is C18H14Cl2O5. The molecule has 0 aliphatic carbocycles. The summed E-state index contributed by atoms with van der Waals surface area (Å²) in [5.74, 6) is -6.16. The summed E-state index contributed by atoms with van der Waals surface area (Å²) in [6, 6.07) is 12.2. The Labute approximate surface area is 153 Å². The molecule has 0 saturated heterocycles. The van der Waals surface area contributed by atoms with Crippen molar-refractivity contribution in [3.8, 4) is 0 Å². The minimum atomic E-state index is -1.75. The van der Waals surface area contributed by atoms with Gasteiger partial charge >= 0.3 is 11.9 Å². The molecule has 0 saturated carbocycles. The van der Waals surface area contributed by atoms with Crippen LogP contribution in [0.15, 0.2) is 48.5 Å². The number of carboxylic acids is 2. The van der Waals surface area contributed by atoms with Crippen molar-refractivity contribution < 1.29 is 24.6 Å². The van der Waals surface area contributed by atoms with Gasteiger partial charge in [0.2, 0.25) is 0 Å². The van der Waals surface area contributed by atoms with E-state index in [9.17, 15) is 24.6 Å². The Bertz CT molecular complexity index is 770. The van der Waals surface area contributed by atoms with Crippen molar-refractivity contribution in [2.45, 2.75) is 12.3 Å². The summed E-state index contributed by atoms with van der Waals surface area (Å²) in [5.41, 5.74) is 0.749. The van der Waals surface area contributed by atoms with Gasteiger partial charge in [0.05, 0.1) is 0 Å². The molecule has 0 aromatic heterocycles. The molecule has 0 radical (unpaired) electrons. The number of hydrogen-bond acceptors (Lipinski definition) is 3. The summed E-state index contributed by atoms with van der Waals surface area (Å²) < 4.78 is 0. The predicted octanol–water partition coefficient (Wildman–Crippen LogP) is 4.14. The lowest BCUT2D eigenvalue weighted by atomic mass is 9.81. The fraction of sp³-hybridized carbons (Fsp3) is 0.167. The fourth-order valence-electron chi connectivity index (χ4n) is 2.54. The number of Topliss-reactive ketones (excluding diaryl/α,β-unsaturated/α-hetero) is 1. The molecule has 7 heteroatoms. The lowest BCUT2D eigenvalue weighted by Gasteiger charge is -2.21. The number of hydrogen-bond donors (Lipinski definition) is 2. The summed E-state index contributed by atoms with van der Waals surface area (Å²) >= 11 is 11.6. The summed E-state index contributed by atoms with van der Waals surface area (Å²) in [4.78, 5) is 35.4. The molecule has 2 N–H and O–H groups in total. The van der Waals surface area contributed by atoms with E-state index in [1.54, 1.807) is 0 Å². The Kier molecular flexibility index (Phi) is 6.17. The number of ketones is 1. The van der Waals surface area contributed by atoms with Crippen LogP contribution in [0.5, 0.6) is 0 Å². The normalized spacial score (nSPS) is 12.0. The van der Waals surface area contributed by atoms with E-state index in [-0.39, 0.29) is 12.2 Å². The molecule has 0 amide bonds. The van der Waals surface area contributed by atoms with Crippen molar-refractivity contribution in [1.82, 2.24) is 0 Å². The number of carbonyl (C=O) groups excluding carboxylic acids is 1. The van der Waals surface area contributed by atoms with Crippen LogP contribution in [0.1, 0.15) is 28.3 Å². The lowest BCUT2D eigenvalue weighted by Crippen LogP contribution is -2.31. The van der Waals surface area contributed by atoms with Gasteiger partial charge in [-0.1, -0.05) is 35.3 Å². The van der Waals surface area contributed by atoms with Crippen molar-refractivity contribution in [3.05, 3.63) is 69.7 Å². The van der Waals surface area contributed by atoms with E-state index in [4.69, 9.17) is 23.2 Å². The third kappa shape index (κ3) is 4.81. The molecule has 0 aliphatic rings. The molecular weight excluding hydrogens is 367 g/mol. The number of benzene rings is 2. The second-order valence-corrected chi connectivity index (χ2v) is 6.32. The molecule has 1 atom stereocenters. The van der Waals surface area contributed by atoms with E-state index >= 15 is 0 Å². The first-order valence-corrected chi connectivity index (χ1v) is 8.05. The first-order chi connectivity index (χ1) is 11.8. The van der Waals surface area contributed by atoms with Crippen LogP contribution in [-0.2, 0) is 9.59 Å². The third-order valence-electron chi connectivity index (χ3n) is 3.80. The molecule has 5 nitrogen and oxygen atoms in total. The first kappa shape index (κ1) is 19.0. The summed E-state index contributed by atoms with van der Waals surface area (Å²) in [7, 11) is 0. The standard InChI is InChI=1S/C18H14Cl2O5/c19-12-5-1-10(2-6-12)14(16(17(22)23)18(24)25)9-15(21)11-3-7-13(20)8-4-11/h1-8,14,16H,9H2,(H,22,23)(H,24,25). The highest BCUT2D eigenvalue weighted by Crippen LogP contribution is 2.31. The second kappa shape index (κ2) is 8.14. The summed E-state index contributed by atoms with van der Waals surface area (Å²) in [6.45, 7) is 0. The zero-order chi connectivity index (χ0) is 18.6.